The van der Waals surface area contributed by atoms with E-state index in [2.05, 4.69) is 19.9 Å². The Hall–Kier alpha value is -3.29. The number of aryl methyl sites for hydroxylation is 2. The summed E-state index contributed by atoms with van der Waals surface area (Å²) in [6.07, 6.45) is 1.75. The summed E-state index contributed by atoms with van der Waals surface area (Å²) < 4.78 is 29.3. The number of piperazine rings is 1. The van der Waals surface area contributed by atoms with Gasteiger partial charge in [0.05, 0.1) is 22.2 Å². The van der Waals surface area contributed by atoms with Crippen molar-refractivity contribution in [2.45, 2.75) is 25.7 Å². The van der Waals surface area contributed by atoms with Gasteiger partial charge in [-0.25, -0.2) is 23.4 Å². The molecule has 31 heavy (non-hydrogen) atoms. The van der Waals surface area contributed by atoms with E-state index in [1.54, 1.807) is 6.33 Å². The molecule has 0 amide bonds. The SMILES string of the molecule is Cc1nc(N2CCN(S(=O)(=O)c3ccc(C#N)cc3)CC2)cc(-n2cnc(C)c2C)n1. The quantitative estimate of drug-likeness (QED) is 0.614. The topological polar surface area (TPSA) is 108 Å². The third-order valence-corrected chi connectivity index (χ3v) is 7.41. The normalized spacial score (nSPS) is 15.1. The van der Waals surface area contributed by atoms with Crippen molar-refractivity contribution < 1.29 is 8.42 Å². The fourth-order valence-electron chi connectivity index (χ4n) is 3.56. The molecule has 0 spiro atoms. The van der Waals surface area contributed by atoms with E-state index in [9.17, 15) is 8.42 Å². The predicted molar refractivity (Wildman–Crippen MR) is 115 cm³/mol. The minimum absolute atomic E-state index is 0.200. The number of benzene rings is 1. The van der Waals surface area contributed by atoms with E-state index in [4.69, 9.17) is 5.26 Å². The van der Waals surface area contributed by atoms with E-state index in [-0.39, 0.29) is 4.90 Å². The van der Waals surface area contributed by atoms with Gasteiger partial charge >= 0.3 is 0 Å². The van der Waals surface area contributed by atoms with Gasteiger partial charge in [0.15, 0.2) is 0 Å². The van der Waals surface area contributed by atoms with Crippen LogP contribution in [0.25, 0.3) is 5.82 Å². The Morgan fingerprint density at radius 1 is 0.968 bits per heavy atom. The smallest absolute Gasteiger partial charge is 0.243 e. The zero-order valence-electron chi connectivity index (χ0n) is 17.6. The van der Waals surface area contributed by atoms with Crippen LogP contribution in [0.1, 0.15) is 22.8 Å². The Kier molecular flexibility index (Phi) is 5.47. The molecule has 0 radical (unpaired) electrons. The van der Waals surface area contributed by atoms with Crippen molar-refractivity contribution in [2.24, 2.45) is 0 Å². The van der Waals surface area contributed by atoms with Crippen molar-refractivity contribution in [3.63, 3.8) is 0 Å². The van der Waals surface area contributed by atoms with Gasteiger partial charge in [0.1, 0.15) is 23.8 Å². The van der Waals surface area contributed by atoms with Crippen molar-refractivity contribution in [3.05, 3.63) is 59.4 Å². The van der Waals surface area contributed by atoms with Gasteiger partial charge in [-0.3, -0.25) is 4.57 Å². The van der Waals surface area contributed by atoms with Crippen LogP contribution in [0, 0.1) is 32.1 Å². The first-order valence-corrected chi connectivity index (χ1v) is 11.4. The third kappa shape index (κ3) is 4.02. The molecule has 1 aliphatic rings. The zero-order chi connectivity index (χ0) is 22.2. The Balaban J connectivity index is 1.52. The molecule has 3 heterocycles. The second kappa shape index (κ2) is 8.09. The number of sulfonamides is 1. The summed E-state index contributed by atoms with van der Waals surface area (Å²) >= 11 is 0. The highest BCUT2D eigenvalue weighted by Crippen LogP contribution is 2.22. The minimum atomic E-state index is -3.60. The fraction of sp³-hybridized carbons (Fsp3) is 0.333. The van der Waals surface area contributed by atoms with E-state index in [0.717, 1.165) is 23.0 Å². The summed E-state index contributed by atoms with van der Waals surface area (Å²) in [5.74, 6) is 2.16. The highest BCUT2D eigenvalue weighted by molar-refractivity contribution is 7.89. The maximum absolute atomic E-state index is 13.0. The van der Waals surface area contributed by atoms with Crippen molar-refractivity contribution in [2.75, 3.05) is 31.1 Å². The molecule has 10 heteroatoms. The lowest BCUT2D eigenvalue weighted by molar-refractivity contribution is 0.383. The molecule has 0 aliphatic carbocycles. The van der Waals surface area contributed by atoms with E-state index < -0.39 is 10.0 Å². The lowest BCUT2D eigenvalue weighted by Gasteiger charge is -2.34. The summed E-state index contributed by atoms with van der Waals surface area (Å²) in [5, 5.41) is 8.91. The highest BCUT2D eigenvalue weighted by Gasteiger charge is 2.29. The maximum Gasteiger partial charge on any atom is 0.243 e. The number of rotatable bonds is 4. The number of aromatic nitrogens is 4. The van der Waals surface area contributed by atoms with Gasteiger partial charge in [-0.2, -0.15) is 9.57 Å². The van der Waals surface area contributed by atoms with Gasteiger partial charge < -0.3 is 4.90 Å². The first-order chi connectivity index (χ1) is 14.8. The Labute approximate surface area is 181 Å². The summed E-state index contributed by atoms with van der Waals surface area (Å²) in [6.45, 7) is 7.53. The van der Waals surface area contributed by atoms with E-state index in [1.165, 1.54) is 28.6 Å². The molecule has 0 N–H and O–H groups in total. The number of hydrogen-bond acceptors (Lipinski definition) is 7. The van der Waals surface area contributed by atoms with Crippen LogP contribution in [0.4, 0.5) is 5.82 Å². The van der Waals surface area contributed by atoms with Gasteiger partial charge in [-0.15, -0.1) is 0 Å². The van der Waals surface area contributed by atoms with Gasteiger partial charge in [-0.1, -0.05) is 0 Å². The number of imidazole rings is 1. The molecule has 0 bridgehead atoms. The molecule has 160 valence electrons. The van der Waals surface area contributed by atoms with E-state index in [0.29, 0.717) is 37.6 Å². The summed E-state index contributed by atoms with van der Waals surface area (Å²) in [6, 6.07) is 9.92. The average molecular weight is 438 g/mol. The number of nitrogens with zero attached hydrogens (tertiary/aromatic N) is 7. The monoisotopic (exact) mass is 437 g/mol. The van der Waals surface area contributed by atoms with Crippen LogP contribution in [-0.4, -0.2) is 58.4 Å². The van der Waals surface area contributed by atoms with Crippen LogP contribution in [-0.2, 0) is 10.0 Å². The molecule has 1 aromatic carbocycles. The van der Waals surface area contributed by atoms with E-state index in [1.807, 2.05) is 37.5 Å². The fourth-order valence-corrected chi connectivity index (χ4v) is 4.98. The van der Waals surface area contributed by atoms with Crippen LogP contribution in [0.3, 0.4) is 0 Å². The lowest BCUT2D eigenvalue weighted by Crippen LogP contribution is -2.49. The van der Waals surface area contributed by atoms with E-state index >= 15 is 0 Å². The highest BCUT2D eigenvalue weighted by atomic mass is 32.2. The summed E-state index contributed by atoms with van der Waals surface area (Å²) in [5.41, 5.74) is 2.39. The van der Waals surface area contributed by atoms with Crippen LogP contribution in [0.2, 0.25) is 0 Å². The largest absolute Gasteiger partial charge is 0.354 e. The molecular formula is C21H23N7O2S. The van der Waals surface area contributed by atoms with Crippen molar-refractivity contribution >= 4 is 15.8 Å². The Bertz CT molecular complexity index is 1250. The molecule has 1 fully saturated rings. The number of anilines is 1. The molecule has 3 aromatic rings. The number of nitriles is 1. The zero-order valence-corrected chi connectivity index (χ0v) is 18.5. The van der Waals surface area contributed by atoms with Crippen molar-refractivity contribution in [1.29, 1.82) is 5.26 Å². The molecule has 1 saturated heterocycles. The molecular weight excluding hydrogens is 414 g/mol. The first kappa shape index (κ1) is 21.0. The summed E-state index contributed by atoms with van der Waals surface area (Å²) in [4.78, 5) is 15.7. The Morgan fingerprint density at radius 2 is 1.61 bits per heavy atom. The molecule has 4 rings (SSSR count). The van der Waals surface area contributed by atoms with Crippen LogP contribution in [0.15, 0.2) is 41.6 Å². The minimum Gasteiger partial charge on any atom is -0.354 e. The van der Waals surface area contributed by atoms with Crippen LogP contribution >= 0.6 is 0 Å². The van der Waals surface area contributed by atoms with Crippen molar-refractivity contribution in [3.8, 4) is 11.9 Å². The molecule has 2 aromatic heterocycles. The first-order valence-electron chi connectivity index (χ1n) is 9.91. The van der Waals surface area contributed by atoms with Gasteiger partial charge in [0.25, 0.3) is 0 Å². The van der Waals surface area contributed by atoms with Gasteiger partial charge in [0.2, 0.25) is 10.0 Å². The van der Waals surface area contributed by atoms with Crippen LogP contribution in [0.5, 0.6) is 0 Å². The average Bonchev–Trinajstić information content (AvgIpc) is 3.12. The summed E-state index contributed by atoms with van der Waals surface area (Å²) in [7, 11) is -3.60. The lowest BCUT2D eigenvalue weighted by atomic mass is 10.2. The molecule has 9 nitrogen and oxygen atoms in total. The standard InChI is InChI=1S/C21H23N7O2S/c1-15-16(2)28(14-23-15)21-12-20(24-17(3)25-21)26-8-10-27(11-9-26)31(29,30)19-6-4-18(13-22)5-7-19/h4-7,12,14H,8-11H2,1-3H3. The molecule has 0 saturated carbocycles. The Morgan fingerprint density at radius 3 is 2.19 bits per heavy atom. The van der Waals surface area contributed by atoms with Crippen LogP contribution < -0.4 is 4.90 Å². The predicted octanol–water partition coefficient (Wildman–Crippen LogP) is 1.97. The second-order valence-corrected chi connectivity index (χ2v) is 9.38. The van der Waals surface area contributed by atoms with Gasteiger partial charge in [-0.05, 0) is 45.0 Å². The molecule has 0 atom stereocenters. The second-order valence-electron chi connectivity index (χ2n) is 7.44. The maximum atomic E-state index is 13.0. The van der Waals surface area contributed by atoms with Gasteiger partial charge in [0, 0.05) is 37.9 Å². The molecule has 0 unspecified atom stereocenters. The van der Waals surface area contributed by atoms with Crippen molar-refractivity contribution in [1.82, 2.24) is 23.8 Å². The third-order valence-electron chi connectivity index (χ3n) is 5.49. The molecule has 1 aliphatic heterocycles. The number of hydrogen-bond donors (Lipinski definition) is 0.